The second-order valence-corrected chi connectivity index (χ2v) is 8.37. The molecule has 0 aromatic carbocycles. The molecule has 0 heterocycles. The lowest BCUT2D eigenvalue weighted by atomic mass is 9.35. The van der Waals surface area contributed by atoms with Crippen LogP contribution in [-0.4, -0.2) is 17.0 Å². The summed E-state index contributed by atoms with van der Waals surface area (Å²) in [5.74, 6) is 1.61. The van der Waals surface area contributed by atoms with Gasteiger partial charge >= 0.3 is 0 Å². The lowest BCUT2D eigenvalue weighted by Crippen LogP contribution is -2.68. The molecule has 0 amide bonds. The van der Waals surface area contributed by atoms with E-state index in [1.807, 2.05) is 0 Å². The van der Waals surface area contributed by atoms with Crippen LogP contribution in [0.1, 0.15) is 60.3 Å². The Labute approximate surface area is 117 Å². The first-order valence-electron chi connectivity index (χ1n) is 7.86. The lowest BCUT2D eigenvalue weighted by Gasteiger charge is -2.69. The topological polar surface area (TPSA) is 37.3 Å². The third-order valence-electron chi connectivity index (χ3n) is 7.85. The highest BCUT2D eigenvalue weighted by Crippen LogP contribution is 2.75. The molecule has 2 bridgehead atoms. The molecule has 19 heavy (non-hydrogen) atoms. The number of hydrogen-bond donors (Lipinski definition) is 1. The van der Waals surface area contributed by atoms with Gasteiger partial charge in [0, 0.05) is 11.3 Å². The van der Waals surface area contributed by atoms with Crippen LogP contribution >= 0.6 is 0 Å². The molecule has 6 unspecified atom stereocenters. The average molecular weight is 264 g/mol. The van der Waals surface area contributed by atoms with E-state index in [-0.39, 0.29) is 28.3 Å². The van der Waals surface area contributed by atoms with E-state index in [0.29, 0.717) is 17.6 Å². The van der Waals surface area contributed by atoms with Gasteiger partial charge in [-0.1, -0.05) is 27.7 Å². The zero-order valence-electron chi connectivity index (χ0n) is 13.0. The van der Waals surface area contributed by atoms with Crippen LogP contribution in [0, 0.1) is 34.0 Å². The minimum absolute atomic E-state index is 0.0115. The number of Topliss-reactive ketones (excluding diaryl/α,β-unsaturated/α-hetero) is 1. The quantitative estimate of drug-likeness (QED) is 0.788. The van der Waals surface area contributed by atoms with Crippen LogP contribution in [0.5, 0.6) is 0 Å². The molecule has 0 radical (unpaired) electrons. The molecule has 4 fully saturated rings. The van der Waals surface area contributed by atoms with E-state index in [1.165, 1.54) is 12.8 Å². The Morgan fingerprint density at radius 3 is 2.37 bits per heavy atom. The van der Waals surface area contributed by atoms with Crippen LogP contribution in [0.3, 0.4) is 0 Å². The number of hydrogen-bond acceptors (Lipinski definition) is 2. The molecule has 4 rings (SSSR count). The van der Waals surface area contributed by atoms with E-state index in [2.05, 4.69) is 27.7 Å². The number of rotatable bonds is 1. The molecule has 4 saturated carbocycles. The molecule has 6 atom stereocenters. The first kappa shape index (κ1) is 13.6. The maximum atomic E-state index is 12.2. The minimum Gasteiger partial charge on any atom is -0.393 e. The summed E-state index contributed by atoms with van der Waals surface area (Å²) in [5.41, 5.74) is 0.137. The summed E-state index contributed by atoms with van der Waals surface area (Å²) in [6, 6.07) is 0. The molecule has 4 aliphatic rings. The van der Waals surface area contributed by atoms with Crippen LogP contribution in [0.25, 0.3) is 0 Å². The Morgan fingerprint density at radius 1 is 1.16 bits per heavy atom. The van der Waals surface area contributed by atoms with E-state index >= 15 is 0 Å². The van der Waals surface area contributed by atoms with Gasteiger partial charge in [0.2, 0.25) is 0 Å². The van der Waals surface area contributed by atoms with Gasteiger partial charge in [-0.25, -0.2) is 0 Å². The van der Waals surface area contributed by atoms with E-state index in [0.717, 1.165) is 12.8 Å². The summed E-state index contributed by atoms with van der Waals surface area (Å²) in [4.78, 5) is 12.2. The van der Waals surface area contributed by atoms with Crippen molar-refractivity contribution in [1.82, 2.24) is 0 Å². The summed E-state index contributed by atoms with van der Waals surface area (Å²) in [5, 5.41) is 10.8. The number of carbonyl (C=O) groups is 1. The summed E-state index contributed by atoms with van der Waals surface area (Å²) in [6.45, 7) is 11.0. The van der Waals surface area contributed by atoms with Gasteiger partial charge in [-0.15, -0.1) is 0 Å². The number of carbonyl (C=O) groups excluding carboxylic acids is 1. The Kier molecular flexibility index (Phi) is 2.60. The van der Waals surface area contributed by atoms with Gasteiger partial charge in [0.05, 0.1) is 6.10 Å². The fourth-order valence-electron chi connectivity index (χ4n) is 6.39. The number of ketones is 1. The molecule has 0 saturated heterocycles. The maximum absolute atomic E-state index is 12.2. The minimum atomic E-state index is -0.205. The van der Waals surface area contributed by atoms with Gasteiger partial charge in [0.15, 0.2) is 0 Å². The van der Waals surface area contributed by atoms with Crippen LogP contribution in [0.15, 0.2) is 0 Å². The summed E-state index contributed by atoms with van der Waals surface area (Å²) in [6.07, 6.45) is 3.97. The normalized spacial score (nSPS) is 55.1. The molecule has 1 spiro atoms. The molecule has 2 nitrogen and oxygen atoms in total. The highest BCUT2D eigenvalue weighted by molar-refractivity contribution is 5.80. The molecule has 1 N–H and O–H groups in total. The average Bonchev–Trinajstić information content (AvgIpc) is 2.62. The van der Waals surface area contributed by atoms with Crippen molar-refractivity contribution in [2.75, 3.05) is 0 Å². The largest absolute Gasteiger partial charge is 0.393 e. The van der Waals surface area contributed by atoms with Gasteiger partial charge < -0.3 is 5.11 Å². The molecule has 0 aromatic rings. The van der Waals surface area contributed by atoms with E-state index in [1.54, 1.807) is 6.92 Å². The van der Waals surface area contributed by atoms with Crippen molar-refractivity contribution in [3.05, 3.63) is 0 Å². The standard InChI is InChI=1S/C17H28O2/c1-10-6-7-13-15(3,4)16(5)9-14(19)17(10,13)8-12(16)11(2)18/h10,12-14,19H,6-9H2,1-5H3. The Balaban J connectivity index is 2.18. The molecule has 0 aromatic heterocycles. The second-order valence-electron chi connectivity index (χ2n) is 8.37. The fraction of sp³-hybridized carbons (Fsp3) is 0.941. The zero-order chi connectivity index (χ0) is 14.2. The summed E-state index contributed by atoms with van der Waals surface area (Å²) in [7, 11) is 0. The summed E-state index contributed by atoms with van der Waals surface area (Å²) >= 11 is 0. The molecular weight excluding hydrogens is 236 g/mol. The molecule has 0 aliphatic heterocycles. The Morgan fingerprint density at radius 2 is 1.79 bits per heavy atom. The number of aliphatic hydroxyl groups excluding tert-OH is 1. The number of aliphatic hydroxyl groups is 1. The predicted molar refractivity (Wildman–Crippen MR) is 75.6 cm³/mol. The van der Waals surface area contributed by atoms with Crippen LogP contribution in [-0.2, 0) is 4.79 Å². The van der Waals surface area contributed by atoms with Gasteiger partial charge in [0.1, 0.15) is 5.78 Å². The molecule has 2 heteroatoms. The Hall–Kier alpha value is -0.370. The highest BCUT2D eigenvalue weighted by Gasteiger charge is 2.72. The molecule has 108 valence electrons. The van der Waals surface area contributed by atoms with Crippen molar-refractivity contribution in [2.24, 2.45) is 34.0 Å². The SMILES string of the molecule is CC(=O)C1CC23C(C)CCC2C(C)(C)C1(C)CC3O. The summed E-state index contributed by atoms with van der Waals surface area (Å²) < 4.78 is 0. The lowest BCUT2D eigenvalue weighted by molar-refractivity contribution is -0.246. The molecular formula is C17H28O2. The highest BCUT2D eigenvalue weighted by atomic mass is 16.3. The van der Waals surface area contributed by atoms with Gasteiger partial charge in [0.25, 0.3) is 0 Å². The van der Waals surface area contributed by atoms with Gasteiger partial charge in [-0.3, -0.25) is 4.79 Å². The van der Waals surface area contributed by atoms with Crippen molar-refractivity contribution >= 4 is 5.78 Å². The van der Waals surface area contributed by atoms with Crippen molar-refractivity contribution in [2.45, 2.75) is 66.4 Å². The second kappa shape index (κ2) is 3.63. The van der Waals surface area contributed by atoms with Crippen molar-refractivity contribution in [3.8, 4) is 0 Å². The van der Waals surface area contributed by atoms with Crippen molar-refractivity contribution < 1.29 is 9.90 Å². The van der Waals surface area contributed by atoms with E-state index in [4.69, 9.17) is 0 Å². The van der Waals surface area contributed by atoms with Crippen LogP contribution in [0.2, 0.25) is 0 Å². The van der Waals surface area contributed by atoms with Crippen LogP contribution in [0.4, 0.5) is 0 Å². The first-order chi connectivity index (χ1) is 8.68. The van der Waals surface area contributed by atoms with Crippen LogP contribution < -0.4 is 0 Å². The van der Waals surface area contributed by atoms with Crippen molar-refractivity contribution in [1.29, 1.82) is 0 Å². The predicted octanol–water partition coefficient (Wildman–Crippen LogP) is 3.42. The monoisotopic (exact) mass is 264 g/mol. The fourth-order valence-corrected chi connectivity index (χ4v) is 6.39. The van der Waals surface area contributed by atoms with E-state index in [9.17, 15) is 9.90 Å². The molecule has 4 aliphatic carbocycles. The third-order valence-corrected chi connectivity index (χ3v) is 7.85. The van der Waals surface area contributed by atoms with Gasteiger partial charge in [-0.05, 0) is 55.3 Å². The maximum Gasteiger partial charge on any atom is 0.133 e. The zero-order valence-corrected chi connectivity index (χ0v) is 13.0. The third kappa shape index (κ3) is 1.30. The first-order valence-corrected chi connectivity index (χ1v) is 7.86. The Bertz CT molecular complexity index is 427. The smallest absolute Gasteiger partial charge is 0.133 e. The van der Waals surface area contributed by atoms with Crippen molar-refractivity contribution in [3.63, 3.8) is 0 Å². The van der Waals surface area contributed by atoms with Gasteiger partial charge in [-0.2, -0.15) is 0 Å². The van der Waals surface area contributed by atoms with E-state index < -0.39 is 0 Å². The number of fused-ring (bicyclic) bond motifs is 2.